The van der Waals surface area contributed by atoms with Gasteiger partial charge in [0.15, 0.2) is 6.10 Å². The minimum atomic E-state index is -4.49. The summed E-state index contributed by atoms with van der Waals surface area (Å²) in [6.45, 7) is -0.156. The van der Waals surface area contributed by atoms with Gasteiger partial charge in [-0.15, -0.1) is 0 Å². The van der Waals surface area contributed by atoms with Crippen LogP contribution in [0.3, 0.4) is 0 Å². The zero-order chi connectivity index (χ0) is 10.8. The van der Waals surface area contributed by atoms with Crippen molar-refractivity contribution in [2.45, 2.75) is 25.0 Å². The molecular weight excluding hydrogens is 216 g/mol. The molecule has 2 N–H and O–H groups in total. The summed E-state index contributed by atoms with van der Waals surface area (Å²) in [5, 5.41) is 8.52. The van der Waals surface area contributed by atoms with Crippen LogP contribution in [0.15, 0.2) is 0 Å². The molecule has 0 aromatic rings. The largest absolute Gasteiger partial charge is 0.479 e. The second-order valence-corrected chi connectivity index (χ2v) is 3.93. The molecule has 1 aliphatic rings. The van der Waals surface area contributed by atoms with Crippen molar-refractivity contribution >= 4 is 16.4 Å². The van der Waals surface area contributed by atoms with Crippen LogP contribution in [-0.2, 0) is 24.1 Å². The third-order valence-electron chi connectivity index (χ3n) is 1.77. The number of ether oxygens (including phenoxy) is 1. The van der Waals surface area contributed by atoms with Crippen LogP contribution in [0, 0.1) is 0 Å². The van der Waals surface area contributed by atoms with Gasteiger partial charge in [0.25, 0.3) is 0 Å². The summed E-state index contributed by atoms with van der Waals surface area (Å²) in [6.07, 6.45) is -1.34. The lowest BCUT2D eigenvalue weighted by Gasteiger charge is -2.25. The van der Waals surface area contributed by atoms with Crippen LogP contribution in [-0.4, -0.2) is 42.9 Å². The van der Waals surface area contributed by atoms with E-state index in [-0.39, 0.29) is 19.4 Å². The first-order valence-corrected chi connectivity index (χ1v) is 5.25. The second kappa shape index (κ2) is 4.22. The molecule has 1 fully saturated rings. The molecule has 0 aromatic heterocycles. The molecule has 7 nitrogen and oxygen atoms in total. The third-order valence-corrected chi connectivity index (χ3v) is 2.28. The summed E-state index contributed by atoms with van der Waals surface area (Å²) in [6, 6.07) is 0. The molecule has 0 amide bonds. The Bertz CT molecular complexity index is 300. The molecule has 0 aromatic carbocycles. The van der Waals surface area contributed by atoms with Crippen molar-refractivity contribution in [3.63, 3.8) is 0 Å². The van der Waals surface area contributed by atoms with E-state index < -0.39 is 28.6 Å². The Kier molecular flexibility index (Phi) is 3.43. The van der Waals surface area contributed by atoms with E-state index in [9.17, 15) is 13.2 Å². The highest BCUT2D eigenvalue weighted by molar-refractivity contribution is 7.80. The normalized spacial score (nSPS) is 28.6. The molecule has 0 radical (unpaired) electrons. The quantitative estimate of drug-likeness (QED) is 0.620. The molecule has 0 spiro atoms. The first kappa shape index (κ1) is 11.4. The van der Waals surface area contributed by atoms with Crippen LogP contribution in [0.4, 0.5) is 0 Å². The van der Waals surface area contributed by atoms with E-state index in [1.54, 1.807) is 0 Å². The predicted molar refractivity (Wildman–Crippen MR) is 43.0 cm³/mol. The predicted octanol–water partition coefficient (Wildman–Crippen LogP) is -0.562. The lowest BCUT2D eigenvalue weighted by Crippen LogP contribution is -2.36. The van der Waals surface area contributed by atoms with E-state index in [1.165, 1.54) is 0 Å². The fraction of sp³-hybridized carbons (Fsp3) is 0.833. The zero-order valence-electron chi connectivity index (χ0n) is 7.12. The van der Waals surface area contributed by atoms with Gasteiger partial charge in [0.2, 0.25) is 0 Å². The maximum absolute atomic E-state index is 10.4. The van der Waals surface area contributed by atoms with E-state index in [4.69, 9.17) is 14.4 Å². The minimum absolute atomic E-state index is 0.156. The summed E-state index contributed by atoms with van der Waals surface area (Å²) in [4.78, 5) is 10.4. The van der Waals surface area contributed by atoms with Gasteiger partial charge >= 0.3 is 16.4 Å². The van der Waals surface area contributed by atoms with Gasteiger partial charge in [-0.3, -0.25) is 4.55 Å². The van der Waals surface area contributed by atoms with E-state index in [2.05, 4.69) is 4.18 Å². The fourth-order valence-electron chi connectivity index (χ4n) is 1.17. The highest BCUT2D eigenvalue weighted by Crippen LogP contribution is 2.17. The van der Waals surface area contributed by atoms with E-state index in [1.807, 2.05) is 0 Å². The van der Waals surface area contributed by atoms with Crippen LogP contribution in [0.5, 0.6) is 0 Å². The molecule has 14 heavy (non-hydrogen) atoms. The average molecular weight is 226 g/mol. The first-order chi connectivity index (χ1) is 6.38. The van der Waals surface area contributed by atoms with Crippen LogP contribution >= 0.6 is 0 Å². The molecule has 1 rings (SSSR count). The van der Waals surface area contributed by atoms with Gasteiger partial charge in [0.1, 0.15) is 6.10 Å². The number of carboxylic acid groups (broad SMARTS) is 1. The lowest BCUT2D eigenvalue weighted by atomic mass is 10.1. The molecule has 0 aliphatic carbocycles. The smallest absolute Gasteiger partial charge is 0.397 e. The summed E-state index contributed by atoms with van der Waals surface area (Å²) < 4.78 is 37.9. The highest BCUT2D eigenvalue weighted by atomic mass is 32.3. The monoisotopic (exact) mass is 226 g/mol. The molecule has 1 saturated heterocycles. The second-order valence-electron chi connectivity index (χ2n) is 2.88. The minimum Gasteiger partial charge on any atom is -0.479 e. The molecule has 1 aliphatic heterocycles. The maximum atomic E-state index is 10.4. The first-order valence-electron chi connectivity index (χ1n) is 3.88. The van der Waals surface area contributed by atoms with Gasteiger partial charge in [-0.1, -0.05) is 0 Å². The molecule has 2 atom stereocenters. The average Bonchev–Trinajstić information content (AvgIpc) is 2.02. The Balaban J connectivity index is 2.40. The van der Waals surface area contributed by atoms with Crippen LogP contribution in [0.1, 0.15) is 12.8 Å². The molecule has 82 valence electrons. The Morgan fingerprint density at radius 1 is 1.43 bits per heavy atom. The number of aliphatic carboxylic acids is 1. The van der Waals surface area contributed by atoms with Crippen molar-refractivity contribution in [3.8, 4) is 0 Å². The van der Waals surface area contributed by atoms with Crippen molar-refractivity contribution in [3.05, 3.63) is 0 Å². The van der Waals surface area contributed by atoms with Crippen LogP contribution < -0.4 is 0 Å². The van der Waals surface area contributed by atoms with Crippen molar-refractivity contribution in [1.29, 1.82) is 0 Å². The van der Waals surface area contributed by atoms with Gasteiger partial charge < -0.3 is 9.84 Å². The van der Waals surface area contributed by atoms with E-state index in [0.717, 1.165) is 0 Å². The van der Waals surface area contributed by atoms with E-state index in [0.29, 0.717) is 0 Å². The number of carbonyl (C=O) groups is 1. The zero-order valence-corrected chi connectivity index (χ0v) is 7.94. The Morgan fingerprint density at radius 3 is 2.43 bits per heavy atom. The van der Waals surface area contributed by atoms with E-state index >= 15 is 0 Å². The topological polar surface area (TPSA) is 110 Å². The molecule has 2 unspecified atom stereocenters. The SMILES string of the molecule is O=C(O)C1CCC(OS(=O)(=O)O)CO1. The molecule has 0 saturated carbocycles. The molecule has 1 heterocycles. The standard InChI is InChI=1S/C6H10O7S/c7-6(8)5-2-1-4(3-12-5)13-14(9,10)11/h4-5H,1-3H2,(H,7,8)(H,9,10,11). The van der Waals surface area contributed by atoms with Gasteiger partial charge in [0, 0.05) is 0 Å². The molecule has 0 bridgehead atoms. The van der Waals surface area contributed by atoms with Crippen LogP contribution in [0.2, 0.25) is 0 Å². The van der Waals surface area contributed by atoms with Gasteiger partial charge in [0.05, 0.1) is 6.61 Å². The Labute approximate surface area is 80.6 Å². The van der Waals surface area contributed by atoms with Crippen molar-refractivity contribution in [2.24, 2.45) is 0 Å². The summed E-state index contributed by atoms with van der Waals surface area (Å²) in [7, 11) is -4.49. The van der Waals surface area contributed by atoms with Gasteiger partial charge in [-0.2, -0.15) is 8.42 Å². The van der Waals surface area contributed by atoms with Crippen molar-refractivity contribution < 1.29 is 31.8 Å². The lowest BCUT2D eigenvalue weighted by molar-refractivity contribution is -0.156. The summed E-state index contributed by atoms with van der Waals surface area (Å²) in [5.41, 5.74) is 0. The summed E-state index contributed by atoms with van der Waals surface area (Å²) in [5.74, 6) is -1.09. The van der Waals surface area contributed by atoms with Gasteiger partial charge in [-0.25, -0.2) is 8.98 Å². The number of carboxylic acids is 1. The third kappa shape index (κ3) is 3.58. The number of rotatable bonds is 3. The van der Waals surface area contributed by atoms with Crippen molar-refractivity contribution in [2.75, 3.05) is 6.61 Å². The molecule has 8 heteroatoms. The maximum Gasteiger partial charge on any atom is 0.397 e. The van der Waals surface area contributed by atoms with Crippen molar-refractivity contribution in [1.82, 2.24) is 0 Å². The fourth-order valence-corrected chi connectivity index (χ4v) is 1.67. The van der Waals surface area contributed by atoms with Gasteiger partial charge in [-0.05, 0) is 12.8 Å². The molecular formula is C6H10O7S. The Morgan fingerprint density at radius 2 is 2.07 bits per heavy atom. The number of hydrogen-bond acceptors (Lipinski definition) is 5. The Hall–Kier alpha value is -0.700. The highest BCUT2D eigenvalue weighted by Gasteiger charge is 2.29. The summed E-state index contributed by atoms with van der Waals surface area (Å²) >= 11 is 0. The van der Waals surface area contributed by atoms with Crippen LogP contribution in [0.25, 0.3) is 0 Å². The number of hydrogen-bond donors (Lipinski definition) is 2.